The van der Waals surface area contributed by atoms with E-state index in [9.17, 15) is 0 Å². The summed E-state index contributed by atoms with van der Waals surface area (Å²) < 4.78 is 6.35. The Labute approximate surface area is 112 Å². The Bertz CT molecular complexity index is 239. The molecule has 2 rings (SSSR count). The predicted octanol–water partition coefficient (Wildman–Crippen LogP) is 2.41. The van der Waals surface area contributed by atoms with Crippen LogP contribution >= 0.6 is 0 Å². The van der Waals surface area contributed by atoms with Gasteiger partial charge in [0.1, 0.15) is 0 Å². The van der Waals surface area contributed by atoms with E-state index in [4.69, 9.17) is 4.74 Å². The standard InChI is InChI=1S/C15H30N2O/c1-3-17(2)12-11-16-13-14-7-10-15(18-14)8-5-4-6-9-15/h14,16H,3-13H2,1-2H3. The van der Waals surface area contributed by atoms with Gasteiger partial charge in [-0.25, -0.2) is 0 Å². The Kier molecular flexibility index (Phi) is 5.46. The minimum atomic E-state index is 0.283. The van der Waals surface area contributed by atoms with Crippen LogP contribution in [0.25, 0.3) is 0 Å². The largest absolute Gasteiger partial charge is 0.370 e. The second kappa shape index (κ2) is 6.88. The van der Waals surface area contributed by atoms with Crippen molar-refractivity contribution in [3.05, 3.63) is 0 Å². The molecule has 1 aliphatic heterocycles. The van der Waals surface area contributed by atoms with Crippen LogP contribution in [0.15, 0.2) is 0 Å². The van der Waals surface area contributed by atoms with Crippen molar-refractivity contribution < 1.29 is 4.74 Å². The van der Waals surface area contributed by atoms with Crippen LogP contribution in [0.5, 0.6) is 0 Å². The van der Waals surface area contributed by atoms with Gasteiger partial charge in [0.25, 0.3) is 0 Å². The molecule has 1 N–H and O–H groups in total. The number of likely N-dealkylation sites (N-methyl/N-ethyl adjacent to an activating group) is 1. The number of ether oxygens (including phenoxy) is 1. The average Bonchev–Trinajstić information content (AvgIpc) is 2.78. The minimum Gasteiger partial charge on any atom is -0.370 e. The third-order valence-electron chi connectivity index (χ3n) is 4.69. The quantitative estimate of drug-likeness (QED) is 0.737. The second-order valence-electron chi connectivity index (χ2n) is 6.12. The number of nitrogens with one attached hydrogen (secondary N) is 1. The van der Waals surface area contributed by atoms with E-state index in [0.29, 0.717) is 6.10 Å². The first-order valence-corrected chi connectivity index (χ1v) is 7.81. The summed E-state index contributed by atoms with van der Waals surface area (Å²) in [6.07, 6.45) is 9.81. The lowest BCUT2D eigenvalue weighted by Crippen LogP contribution is -2.36. The lowest BCUT2D eigenvalue weighted by atomic mass is 9.83. The van der Waals surface area contributed by atoms with Gasteiger partial charge in [-0.2, -0.15) is 0 Å². The number of nitrogens with zero attached hydrogens (tertiary/aromatic N) is 1. The van der Waals surface area contributed by atoms with E-state index in [2.05, 4.69) is 24.2 Å². The predicted molar refractivity (Wildman–Crippen MR) is 76.0 cm³/mol. The van der Waals surface area contributed by atoms with Gasteiger partial charge < -0.3 is 15.0 Å². The highest BCUT2D eigenvalue weighted by Gasteiger charge is 2.40. The molecule has 0 amide bonds. The van der Waals surface area contributed by atoms with Crippen molar-refractivity contribution in [1.29, 1.82) is 0 Å². The summed E-state index contributed by atoms with van der Waals surface area (Å²) in [5.41, 5.74) is 0.283. The van der Waals surface area contributed by atoms with E-state index in [-0.39, 0.29) is 5.60 Å². The van der Waals surface area contributed by atoms with Gasteiger partial charge in [-0.3, -0.25) is 0 Å². The summed E-state index contributed by atoms with van der Waals surface area (Å²) in [7, 11) is 2.17. The summed E-state index contributed by atoms with van der Waals surface area (Å²) in [5.74, 6) is 0. The molecule has 2 fully saturated rings. The number of hydrogen-bond donors (Lipinski definition) is 1. The lowest BCUT2D eigenvalue weighted by molar-refractivity contribution is -0.0623. The number of hydrogen-bond acceptors (Lipinski definition) is 3. The maximum absolute atomic E-state index is 6.35. The summed E-state index contributed by atoms with van der Waals surface area (Å²) in [4.78, 5) is 2.34. The molecule has 18 heavy (non-hydrogen) atoms. The van der Waals surface area contributed by atoms with Crippen LogP contribution in [0.4, 0.5) is 0 Å². The third kappa shape index (κ3) is 3.94. The fraction of sp³-hybridized carbons (Fsp3) is 1.00. The highest BCUT2D eigenvalue weighted by atomic mass is 16.5. The van der Waals surface area contributed by atoms with Crippen molar-refractivity contribution in [3.63, 3.8) is 0 Å². The molecule has 1 atom stereocenters. The van der Waals surface area contributed by atoms with E-state index in [0.717, 1.165) is 26.2 Å². The molecule has 0 radical (unpaired) electrons. The van der Waals surface area contributed by atoms with Crippen molar-refractivity contribution in [3.8, 4) is 0 Å². The molecule has 1 saturated heterocycles. The summed E-state index contributed by atoms with van der Waals surface area (Å²) >= 11 is 0. The first-order chi connectivity index (χ1) is 8.74. The zero-order chi connectivity index (χ0) is 12.8. The smallest absolute Gasteiger partial charge is 0.0708 e. The molecule has 0 bridgehead atoms. The number of rotatable bonds is 6. The Balaban J connectivity index is 1.61. The van der Waals surface area contributed by atoms with Crippen molar-refractivity contribution in [2.75, 3.05) is 33.2 Å². The Morgan fingerprint density at radius 3 is 2.72 bits per heavy atom. The van der Waals surface area contributed by atoms with Crippen LogP contribution in [-0.2, 0) is 4.74 Å². The van der Waals surface area contributed by atoms with Crippen molar-refractivity contribution >= 4 is 0 Å². The summed E-state index contributed by atoms with van der Waals surface area (Å²) in [5, 5.41) is 3.55. The monoisotopic (exact) mass is 254 g/mol. The SMILES string of the molecule is CCN(C)CCNCC1CCC2(CCCCC2)O1. The zero-order valence-corrected chi connectivity index (χ0v) is 12.2. The first kappa shape index (κ1) is 14.3. The molecule has 3 heteroatoms. The summed E-state index contributed by atoms with van der Waals surface area (Å²) in [6, 6.07) is 0. The van der Waals surface area contributed by atoms with Gasteiger partial charge in [-0.15, -0.1) is 0 Å². The molecular formula is C15H30N2O. The van der Waals surface area contributed by atoms with Gasteiger partial charge in [0.05, 0.1) is 11.7 Å². The van der Waals surface area contributed by atoms with Crippen molar-refractivity contribution in [1.82, 2.24) is 10.2 Å². The van der Waals surface area contributed by atoms with E-state index in [1.807, 2.05) is 0 Å². The highest BCUT2D eigenvalue weighted by molar-refractivity contribution is 4.91. The Morgan fingerprint density at radius 1 is 1.22 bits per heavy atom. The molecule has 0 aromatic carbocycles. The molecule has 0 aromatic heterocycles. The van der Waals surface area contributed by atoms with Crippen molar-refractivity contribution in [2.24, 2.45) is 0 Å². The van der Waals surface area contributed by atoms with E-state index in [1.165, 1.54) is 44.9 Å². The molecule has 2 aliphatic rings. The molecule has 1 spiro atoms. The minimum absolute atomic E-state index is 0.283. The van der Waals surface area contributed by atoms with Crippen molar-refractivity contribution in [2.45, 2.75) is 63.6 Å². The fourth-order valence-corrected chi connectivity index (χ4v) is 3.29. The molecular weight excluding hydrogens is 224 g/mol. The van der Waals surface area contributed by atoms with E-state index >= 15 is 0 Å². The van der Waals surface area contributed by atoms with Crippen LogP contribution in [0.1, 0.15) is 51.9 Å². The van der Waals surface area contributed by atoms with Gasteiger partial charge in [-0.1, -0.05) is 26.2 Å². The Morgan fingerprint density at radius 2 is 2.00 bits per heavy atom. The van der Waals surface area contributed by atoms with Crippen LogP contribution in [-0.4, -0.2) is 49.8 Å². The normalized spacial score (nSPS) is 27.2. The maximum atomic E-state index is 6.35. The van der Waals surface area contributed by atoms with Crippen LogP contribution < -0.4 is 5.32 Å². The molecule has 1 aliphatic carbocycles. The molecule has 0 aromatic rings. The maximum Gasteiger partial charge on any atom is 0.0708 e. The first-order valence-electron chi connectivity index (χ1n) is 7.81. The van der Waals surface area contributed by atoms with Gasteiger partial charge in [-0.05, 0) is 39.3 Å². The third-order valence-corrected chi connectivity index (χ3v) is 4.69. The van der Waals surface area contributed by atoms with Gasteiger partial charge in [0.2, 0.25) is 0 Å². The highest BCUT2D eigenvalue weighted by Crippen LogP contribution is 2.41. The van der Waals surface area contributed by atoms with Gasteiger partial charge >= 0.3 is 0 Å². The second-order valence-corrected chi connectivity index (χ2v) is 6.12. The molecule has 1 heterocycles. The fourth-order valence-electron chi connectivity index (χ4n) is 3.29. The molecule has 1 saturated carbocycles. The Hall–Kier alpha value is -0.120. The molecule has 3 nitrogen and oxygen atoms in total. The van der Waals surface area contributed by atoms with Crippen LogP contribution in [0, 0.1) is 0 Å². The van der Waals surface area contributed by atoms with Gasteiger partial charge in [0.15, 0.2) is 0 Å². The average molecular weight is 254 g/mol. The van der Waals surface area contributed by atoms with E-state index in [1.54, 1.807) is 0 Å². The topological polar surface area (TPSA) is 24.5 Å². The lowest BCUT2D eigenvalue weighted by Gasteiger charge is -2.33. The zero-order valence-electron chi connectivity index (χ0n) is 12.2. The molecule has 106 valence electrons. The van der Waals surface area contributed by atoms with Crippen LogP contribution in [0.3, 0.4) is 0 Å². The van der Waals surface area contributed by atoms with E-state index < -0.39 is 0 Å². The van der Waals surface area contributed by atoms with Gasteiger partial charge in [0, 0.05) is 19.6 Å². The summed E-state index contributed by atoms with van der Waals surface area (Å²) in [6.45, 7) is 6.59. The van der Waals surface area contributed by atoms with Crippen LogP contribution in [0.2, 0.25) is 0 Å². The molecule has 1 unspecified atom stereocenters.